The second-order valence-electron chi connectivity index (χ2n) is 16.4. The average Bonchev–Trinajstić information content (AvgIpc) is 3.64. The molecule has 1 unspecified atom stereocenters. The third-order valence-corrected chi connectivity index (χ3v) is 12.4. The van der Waals surface area contributed by atoms with E-state index in [1.165, 1.54) is 79.4 Å². The van der Waals surface area contributed by atoms with Gasteiger partial charge >= 0.3 is 19.8 Å². The molecular formula is C47H82NO10P. The smallest absolute Gasteiger partial charge is 0.466 e. The molecule has 0 radical (unpaired) electrons. The number of hydrogen-bond donors (Lipinski definition) is 2. The predicted octanol–water partition coefficient (Wildman–Crippen LogP) is 12.1. The van der Waals surface area contributed by atoms with Gasteiger partial charge in [-0.1, -0.05) is 104 Å². The Bertz CT molecular complexity index is 1480. The summed E-state index contributed by atoms with van der Waals surface area (Å²) >= 11 is 0. The fourth-order valence-corrected chi connectivity index (χ4v) is 8.11. The Morgan fingerprint density at radius 1 is 0.559 bits per heavy atom. The first-order valence-corrected chi connectivity index (χ1v) is 24.7. The van der Waals surface area contributed by atoms with Gasteiger partial charge in [-0.05, 0) is 88.5 Å². The number of phosphoric ester groups is 1. The minimum absolute atomic E-state index is 0.0412. The van der Waals surface area contributed by atoms with Crippen molar-refractivity contribution < 1.29 is 46.4 Å². The van der Waals surface area contributed by atoms with Crippen LogP contribution in [-0.4, -0.2) is 49.3 Å². The first kappa shape index (κ1) is 52.7. The van der Waals surface area contributed by atoms with E-state index in [1.807, 2.05) is 0 Å². The number of aryl methyl sites for hydroxylation is 4. The highest BCUT2D eigenvalue weighted by molar-refractivity contribution is 7.47. The van der Waals surface area contributed by atoms with Crippen molar-refractivity contribution in [2.75, 3.05) is 26.4 Å². The van der Waals surface area contributed by atoms with Gasteiger partial charge in [-0.3, -0.25) is 18.6 Å². The van der Waals surface area contributed by atoms with Crippen LogP contribution in [0.25, 0.3) is 0 Å². The van der Waals surface area contributed by atoms with Crippen LogP contribution in [0.2, 0.25) is 0 Å². The Labute approximate surface area is 357 Å². The number of carbonyl (C=O) groups is 2. The molecule has 59 heavy (non-hydrogen) atoms. The lowest BCUT2D eigenvalue weighted by atomic mass is 10.0. The third-order valence-electron chi connectivity index (χ3n) is 11.4. The molecule has 2 rings (SSSR count). The summed E-state index contributed by atoms with van der Waals surface area (Å²) in [6.07, 6.45) is 25.0. The van der Waals surface area contributed by atoms with Crippen LogP contribution >= 0.6 is 7.82 Å². The van der Waals surface area contributed by atoms with Crippen LogP contribution in [0.1, 0.15) is 200 Å². The number of ether oxygens (including phenoxy) is 2. The van der Waals surface area contributed by atoms with E-state index in [2.05, 4.69) is 41.5 Å². The summed E-state index contributed by atoms with van der Waals surface area (Å²) in [7, 11) is -4.40. The maximum atomic E-state index is 12.7. The molecule has 3 N–H and O–H groups in total. The fourth-order valence-electron chi connectivity index (χ4n) is 7.34. The van der Waals surface area contributed by atoms with Crippen LogP contribution < -0.4 is 5.73 Å². The molecule has 340 valence electrons. The molecule has 11 nitrogen and oxygen atoms in total. The van der Waals surface area contributed by atoms with Crippen LogP contribution in [0.15, 0.2) is 8.83 Å². The molecule has 0 spiro atoms. The summed E-state index contributed by atoms with van der Waals surface area (Å²) in [6, 6.07) is 0. The molecule has 0 amide bonds. The van der Waals surface area contributed by atoms with Crippen LogP contribution in [0.5, 0.6) is 0 Å². The number of esters is 2. The maximum absolute atomic E-state index is 12.7. The molecule has 2 atom stereocenters. The van der Waals surface area contributed by atoms with E-state index in [0.717, 1.165) is 107 Å². The molecule has 2 aromatic heterocycles. The van der Waals surface area contributed by atoms with Gasteiger partial charge in [-0.15, -0.1) is 0 Å². The van der Waals surface area contributed by atoms with Gasteiger partial charge in [-0.25, -0.2) is 4.57 Å². The molecule has 0 aliphatic carbocycles. The van der Waals surface area contributed by atoms with Gasteiger partial charge < -0.3 is 28.9 Å². The van der Waals surface area contributed by atoms with Gasteiger partial charge in [-0.2, -0.15) is 0 Å². The van der Waals surface area contributed by atoms with E-state index in [9.17, 15) is 19.0 Å². The average molecular weight is 852 g/mol. The van der Waals surface area contributed by atoms with Gasteiger partial charge in [0.2, 0.25) is 0 Å². The van der Waals surface area contributed by atoms with Crippen LogP contribution in [0.4, 0.5) is 0 Å². The zero-order valence-electron chi connectivity index (χ0n) is 37.9. The first-order chi connectivity index (χ1) is 28.4. The number of rotatable bonds is 37. The first-order valence-electron chi connectivity index (χ1n) is 23.2. The zero-order chi connectivity index (χ0) is 43.3. The van der Waals surface area contributed by atoms with Crippen LogP contribution in [0.3, 0.4) is 0 Å². The van der Waals surface area contributed by atoms with Crippen molar-refractivity contribution >= 4 is 19.8 Å². The summed E-state index contributed by atoms with van der Waals surface area (Å²) < 4.78 is 45.4. The van der Waals surface area contributed by atoms with Crippen molar-refractivity contribution in [2.24, 2.45) is 5.73 Å². The molecule has 0 saturated heterocycles. The number of nitrogens with two attached hydrogens (primary N) is 1. The molecule has 0 fully saturated rings. The van der Waals surface area contributed by atoms with E-state index in [-0.39, 0.29) is 32.6 Å². The zero-order valence-corrected chi connectivity index (χ0v) is 38.8. The number of carbonyl (C=O) groups excluding carboxylic acids is 2. The highest BCUT2D eigenvalue weighted by atomic mass is 31.2. The standard InChI is InChI=1S/C47H82NO10P/c1-7-9-21-27-42-37(3)39(5)44(57-42)29-23-17-13-11-12-14-20-26-32-47(50)56-41(36-55-59(51,52)54-34-33-48)35-53-46(49)31-25-19-16-15-18-24-30-45-40(6)38(4)43(58-45)28-22-10-8-2/h41H,7-36,48H2,1-6H3,(H,51,52)/t41-/m1/s1. The van der Waals surface area contributed by atoms with Gasteiger partial charge in [0.15, 0.2) is 6.10 Å². The van der Waals surface area contributed by atoms with Crippen molar-refractivity contribution in [1.29, 1.82) is 0 Å². The van der Waals surface area contributed by atoms with E-state index >= 15 is 0 Å². The van der Waals surface area contributed by atoms with Crippen molar-refractivity contribution in [2.45, 2.75) is 215 Å². The third kappa shape index (κ3) is 22.8. The Morgan fingerprint density at radius 2 is 0.932 bits per heavy atom. The Hall–Kier alpha value is -2.43. The predicted molar refractivity (Wildman–Crippen MR) is 236 cm³/mol. The molecule has 2 aromatic rings. The number of phosphoric acid groups is 1. The normalized spacial score (nSPS) is 13.2. The Balaban J connectivity index is 1.61. The molecule has 0 aliphatic heterocycles. The van der Waals surface area contributed by atoms with E-state index in [0.29, 0.717) is 12.8 Å². The minimum Gasteiger partial charge on any atom is -0.466 e. The van der Waals surface area contributed by atoms with Crippen molar-refractivity contribution in [1.82, 2.24) is 0 Å². The van der Waals surface area contributed by atoms with E-state index < -0.39 is 32.5 Å². The largest absolute Gasteiger partial charge is 0.472 e. The molecule has 0 aromatic carbocycles. The minimum atomic E-state index is -4.40. The number of unbranched alkanes of at least 4 members (excludes halogenated alkanes) is 16. The lowest BCUT2D eigenvalue weighted by Gasteiger charge is -2.19. The second-order valence-corrected chi connectivity index (χ2v) is 17.9. The summed E-state index contributed by atoms with van der Waals surface area (Å²) in [4.78, 5) is 35.2. The highest BCUT2D eigenvalue weighted by Gasteiger charge is 2.26. The molecule has 0 bridgehead atoms. The van der Waals surface area contributed by atoms with E-state index in [4.69, 9.17) is 33.1 Å². The van der Waals surface area contributed by atoms with Gasteiger partial charge in [0, 0.05) is 45.1 Å². The summed E-state index contributed by atoms with van der Waals surface area (Å²) in [5, 5.41) is 0. The summed E-state index contributed by atoms with van der Waals surface area (Å²) in [5.41, 5.74) is 10.6. The van der Waals surface area contributed by atoms with Crippen molar-refractivity contribution in [3.63, 3.8) is 0 Å². The van der Waals surface area contributed by atoms with Crippen LogP contribution in [0, 0.1) is 27.7 Å². The fraction of sp³-hybridized carbons (Fsp3) is 0.787. The summed E-state index contributed by atoms with van der Waals surface area (Å²) in [5.74, 6) is 3.73. The summed E-state index contributed by atoms with van der Waals surface area (Å²) in [6.45, 7) is 12.3. The lowest BCUT2D eigenvalue weighted by Crippen LogP contribution is -2.29. The molecule has 2 heterocycles. The van der Waals surface area contributed by atoms with Crippen molar-refractivity contribution in [3.8, 4) is 0 Å². The van der Waals surface area contributed by atoms with Crippen molar-refractivity contribution in [3.05, 3.63) is 45.3 Å². The maximum Gasteiger partial charge on any atom is 0.472 e. The molecular weight excluding hydrogens is 769 g/mol. The topological polar surface area (TPSA) is 161 Å². The quantitative estimate of drug-likeness (QED) is 0.0378. The SMILES string of the molecule is CCCCCc1oc(CCCCCCCCCCC(=O)O[C@H](COC(=O)CCCCCCCCc2oc(CCCCC)c(C)c2C)COP(=O)(O)OCCN)c(C)c1C. The lowest BCUT2D eigenvalue weighted by molar-refractivity contribution is -0.161. The second kappa shape index (κ2) is 31.4. The number of hydrogen-bond acceptors (Lipinski definition) is 10. The van der Waals surface area contributed by atoms with Gasteiger partial charge in [0.25, 0.3) is 0 Å². The molecule has 0 saturated carbocycles. The van der Waals surface area contributed by atoms with Crippen LogP contribution in [-0.2, 0) is 58.4 Å². The van der Waals surface area contributed by atoms with E-state index in [1.54, 1.807) is 0 Å². The van der Waals surface area contributed by atoms with Gasteiger partial charge in [0.05, 0.1) is 13.2 Å². The highest BCUT2D eigenvalue weighted by Crippen LogP contribution is 2.43. The molecule has 0 aliphatic rings. The Kier molecular flexibility index (Phi) is 28.1. The monoisotopic (exact) mass is 852 g/mol. The number of furan rings is 2. The van der Waals surface area contributed by atoms with Gasteiger partial charge in [0.1, 0.15) is 29.6 Å². The molecule has 12 heteroatoms. The Morgan fingerprint density at radius 3 is 1.34 bits per heavy atom.